The van der Waals surface area contributed by atoms with Crippen LogP contribution < -0.4 is 5.73 Å². The lowest BCUT2D eigenvalue weighted by Crippen LogP contribution is -2.30. The second kappa shape index (κ2) is 4.73. The number of phenolic OH excluding ortho intramolecular Hbond substituents is 1. The van der Waals surface area contributed by atoms with Crippen LogP contribution >= 0.6 is 0 Å². The van der Waals surface area contributed by atoms with E-state index in [2.05, 4.69) is 0 Å². The maximum absolute atomic E-state index is 9.79. The van der Waals surface area contributed by atoms with Crippen LogP contribution in [0.15, 0.2) is 36.4 Å². The molecule has 0 aliphatic heterocycles. The molecule has 4 N–H and O–H groups in total. The molecule has 90 valence electrons. The lowest BCUT2D eigenvalue weighted by Gasteiger charge is -2.20. The molecule has 0 fully saturated rings. The van der Waals surface area contributed by atoms with Gasteiger partial charge in [0, 0.05) is 11.4 Å². The van der Waals surface area contributed by atoms with Crippen molar-refractivity contribution in [2.24, 2.45) is 5.73 Å². The molecule has 0 amide bonds. The SMILES string of the molecule is CC(c1ccc(O)c2ccccc12)[C@H](N)CO. The highest BCUT2D eigenvalue weighted by atomic mass is 16.3. The van der Waals surface area contributed by atoms with Gasteiger partial charge in [0.1, 0.15) is 5.75 Å². The van der Waals surface area contributed by atoms with E-state index in [1.54, 1.807) is 6.07 Å². The highest BCUT2D eigenvalue weighted by Gasteiger charge is 2.17. The van der Waals surface area contributed by atoms with Crippen LogP contribution in [0.4, 0.5) is 0 Å². The maximum Gasteiger partial charge on any atom is 0.123 e. The van der Waals surface area contributed by atoms with Gasteiger partial charge in [-0.2, -0.15) is 0 Å². The fourth-order valence-electron chi connectivity index (χ4n) is 2.09. The Bertz CT molecular complexity index is 525. The summed E-state index contributed by atoms with van der Waals surface area (Å²) >= 11 is 0. The van der Waals surface area contributed by atoms with E-state index in [4.69, 9.17) is 10.8 Å². The first kappa shape index (κ1) is 11.9. The number of aliphatic hydroxyl groups excluding tert-OH is 1. The Morgan fingerprint density at radius 3 is 2.41 bits per heavy atom. The van der Waals surface area contributed by atoms with Crippen LogP contribution in [0.1, 0.15) is 18.4 Å². The number of aromatic hydroxyl groups is 1. The molecule has 2 aromatic carbocycles. The second-order valence-corrected chi connectivity index (χ2v) is 4.35. The van der Waals surface area contributed by atoms with Crippen molar-refractivity contribution < 1.29 is 10.2 Å². The number of hydrogen-bond acceptors (Lipinski definition) is 3. The Balaban J connectivity index is 2.59. The van der Waals surface area contributed by atoms with Crippen molar-refractivity contribution in [2.45, 2.75) is 18.9 Å². The number of benzene rings is 2. The number of nitrogens with two attached hydrogens (primary N) is 1. The zero-order chi connectivity index (χ0) is 12.4. The van der Waals surface area contributed by atoms with E-state index in [1.807, 2.05) is 37.3 Å². The molecule has 0 saturated heterocycles. The minimum Gasteiger partial charge on any atom is -0.507 e. The van der Waals surface area contributed by atoms with Gasteiger partial charge in [-0.1, -0.05) is 37.3 Å². The van der Waals surface area contributed by atoms with Crippen molar-refractivity contribution in [3.63, 3.8) is 0 Å². The van der Waals surface area contributed by atoms with Crippen LogP contribution in [-0.2, 0) is 0 Å². The first-order valence-corrected chi connectivity index (χ1v) is 5.72. The zero-order valence-corrected chi connectivity index (χ0v) is 9.80. The topological polar surface area (TPSA) is 66.5 Å². The monoisotopic (exact) mass is 231 g/mol. The van der Waals surface area contributed by atoms with Crippen LogP contribution in [0.2, 0.25) is 0 Å². The quantitative estimate of drug-likeness (QED) is 0.756. The van der Waals surface area contributed by atoms with Gasteiger partial charge in [0.2, 0.25) is 0 Å². The fraction of sp³-hybridized carbons (Fsp3) is 0.286. The molecule has 2 rings (SSSR count). The molecular weight excluding hydrogens is 214 g/mol. The molecule has 0 radical (unpaired) electrons. The average Bonchev–Trinajstić information content (AvgIpc) is 2.38. The molecule has 2 aromatic rings. The van der Waals surface area contributed by atoms with Crippen LogP contribution in [0.5, 0.6) is 5.75 Å². The molecule has 3 nitrogen and oxygen atoms in total. The fourth-order valence-corrected chi connectivity index (χ4v) is 2.09. The molecule has 0 saturated carbocycles. The van der Waals surface area contributed by atoms with E-state index in [0.29, 0.717) is 0 Å². The summed E-state index contributed by atoms with van der Waals surface area (Å²) in [6, 6.07) is 10.9. The summed E-state index contributed by atoms with van der Waals surface area (Å²) in [4.78, 5) is 0. The van der Waals surface area contributed by atoms with Crippen molar-refractivity contribution in [3.05, 3.63) is 42.0 Å². The molecule has 0 aliphatic carbocycles. The van der Waals surface area contributed by atoms with E-state index in [1.165, 1.54) is 0 Å². The van der Waals surface area contributed by atoms with E-state index in [9.17, 15) is 5.11 Å². The summed E-state index contributed by atoms with van der Waals surface area (Å²) in [5.74, 6) is 0.319. The molecule has 17 heavy (non-hydrogen) atoms. The van der Waals surface area contributed by atoms with Gasteiger partial charge in [-0.15, -0.1) is 0 Å². The third kappa shape index (κ3) is 2.12. The average molecular weight is 231 g/mol. The van der Waals surface area contributed by atoms with E-state index in [-0.39, 0.29) is 24.3 Å². The van der Waals surface area contributed by atoms with Gasteiger partial charge in [0.25, 0.3) is 0 Å². The largest absolute Gasteiger partial charge is 0.507 e. The minimum absolute atomic E-state index is 0.0453. The van der Waals surface area contributed by atoms with Gasteiger partial charge in [0.15, 0.2) is 0 Å². The summed E-state index contributed by atoms with van der Waals surface area (Å²) in [6.07, 6.45) is 0. The van der Waals surface area contributed by atoms with Crippen molar-refractivity contribution in [1.82, 2.24) is 0 Å². The first-order chi connectivity index (χ1) is 8.15. The molecular formula is C14H17NO2. The molecule has 0 heterocycles. The smallest absolute Gasteiger partial charge is 0.123 e. The van der Waals surface area contributed by atoms with Crippen LogP contribution in [-0.4, -0.2) is 22.9 Å². The number of fused-ring (bicyclic) bond motifs is 1. The summed E-state index contributed by atoms with van der Waals surface area (Å²) in [6.45, 7) is 1.94. The molecule has 0 bridgehead atoms. The highest BCUT2D eigenvalue weighted by molar-refractivity contribution is 5.91. The third-order valence-corrected chi connectivity index (χ3v) is 3.28. The molecule has 1 unspecified atom stereocenters. The van der Waals surface area contributed by atoms with Crippen LogP contribution in [0, 0.1) is 0 Å². The van der Waals surface area contributed by atoms with Crippen molar-refractivity contribution in [2.75, 3.05) is 6.61 Å². The van der Waals surface area contributed by atoms with E-state index >= 15 is 0 Å². The van der Waals surface area contributed by atoms with E-state index < -0.39 is 0 Å². The Hall–Kier alpha value is -1.58. The Morgan fingerprint density at radius 1 is 1.12 bits per heavy atom. The third-order valence-electron chi connectivity index (χ3n) is 3.28. The van der Waals surface area contributed by atoms with Gasteiger partial charge in [0.05, 0.1) is 6.61 Å². The molecule has 3 heteroatoms. The summed E-state index contributed by atoms with van der Waals surface area (Å²) < 4.78 is 0. The Labute approximate surface area is 101 Å². The minimum atomic E-state index is -0.289. The van der Waals surface area contributed by atoms with Gasteiger partial charge in [-0.05, 0) is 22.9 Å². The standard InChI is InChI=1S/C14H17NO2/c1-9(13(15)8-16)10-6-7-14(17)12-5-3-2-4-11(10)12/h2-7,9,13,16-17H,8,15H2,1H3/t9?,13-/m1/s1. The van der Waals surface area contributed by atoms with E-state index in [0.717, 1.165) is 16.3 Å². The lowest BCUT2D eigenvalue weighted by atomic mass is 9.90. The maximum atomic E-state index is 9.79. The molecule has 0 aromatic heterocycles. The normalized spacial score (nSPS) is 14.8. The molecule has 2 atom stereocenters. The van der Waals surface area contributed by atoms with Crippen molar-refractivity contribution in [3.8, 4) is 5.75 Å². The number of phenols is 1. The summed E-state index contributed by atoms with van der Waals surface area (Å²) in [5.41, 5.74) is 6.92. The Kier molecular flexibility index (Phi) is 3.31. The number of rotatable bonds is 3. The highest BCUT2D eigenvalue weighted by Crippen LogP contribution is 2.32. The van der Waals surface area contributed by atoms with Gasteiger partial charge >= 0.3 is 0 Å². The summed E-state index contributed by atoms with van der Waals surface area (Å²) in [7, 11) is 0. The second-order valence-electron chi connectivity index (χ2n) is 4.35. The van der Waals surface area contributed by atoms with Crippen LogP contribution in [0.3, 0.4) is 0 Å². The van der Waals surface area contributed by atoms with Gasteiger partial charge in [-0.25, -0.2) is 0 Å². The lowest BCUT2D eigenvalue weighted by molar-refractivity contribution is 0.252. The predicted molar refractivity (Wildman–Crippen MR) is 69.1 cm³/mol. The number of aliphatic hydroxyl groups is 1. The van der Waals surface area contributed by atoms with Gasteiger partial charge in [-0.3, -0.25) is 0 Å². The zero-order valence-electron chi connectivity index (χ0n) is 9.80. The Morgan fingerprint density at radius 2 is 1.76 bits per heavy atom. The predicted octanol–water partition coefficient (Wildman–Crippen LogP) is 1.97. The first-order valence-electron chi connectivity index (χ1n) is 5.72. The van der Waals surface area contributed by atoms with Gasteiger partial charge < -0.3 is 15.9 Å². The van der Waals surface area contributed by atoms with Crippen molar-refractivity contribution >= 4 is 10.8 Å². The molecule has 0 spiro atoms. The van der Waals surface area contributed by atoms with Crippen molar-refractivity contribution in [1.29, 1.82) is 0 Å². The summed E-state index contributed by atoms with van der Waals surface area (Å²) in [5, 5.41) is 20.7. The van der Waals surface area contributed by atoms with Crippen LogP contribution in [0.25, 0.3) is 10.8 Å². The molecule has 0 aliphatic rings. The number of hydrogen-bond donors (Lipinski definition) is 3.